The highest BCUT2D eigenvalue weighted by molar-refractivity contribution is 6.30. The minimum Gasteiger partial charge on any atom is -0.365 e. The van der Waals surface area contributed by atoms with Gasteiger partial charge in [-0.25, -0.2) is 13.5 Å². The highest BCUT2D eigenvalue weighted by Gasteiger charge is 2.28. The van der Waals surface area contributed by atoms with Gasteiger partial charge >= 0.3 is 0 Å². The van der Waals surface area contributed by atoms with Gasteiger partial charge in [0.1, 0.15) is 6.10 Å². The Bertz CT molecular complexity index is 1190. The number of hydrogen-bond acceptors (Lipinski definition) is 6. The molecule has 0 amide bonds. The molecule has 146 valence electrons. The van der Waals surface area contributed by atoms with Crippen LogP contribution >= 0.6 is 11.6 Å². The molecular formula is C19H12ClF2N5O2. The van der Waals surface area contributed by atoms with Gasteiger partial charge in [-0.05, 0) is 35.9 Å². The number of hydrogen-bond donors (Lipinski definition) is 0. The Morgan fingerprint density at radius 3 is 2.69 bits per heavy atom. The maximum absolute atomic E-state index is 13.5. The molecule has 0 saturated heterocycles. The minimum absolute atomic E-state index is 0.122. The Hall–Kier alpha value is -3.17. The number of halogens is 3. The molecule has 2 aromatic heterocycles. The standard InChI is InChI=1S/C19H12ClF2N5O2/c20-12-4-1-10(2-5-12)16-8-27-15(9-28-16)17(24-26-27)19-23-18(25-29-19)11-3-6-13(21)14(22)7-11/h1-7,16H,8-9H2. The van der Waals surface area contributed by atoms with E-state index in [9.17, 15) is 8.78 Å². The zero-order valence-corrected chi connectivity index (χ0v) is 15.5. The van der Waals surface area contributed by atoms with E-state index in [1.165, 1.54) is 6.07 Å². The van der Waals surface area contributed by atoms with E-state index in [0.717, 1.165) is 17.7 Å². The Morgan fingerprint density at radius 1 is 1.07 bits per heavy atom. The summed E-state index contributed by atoms with van der Waals surface area (Å²) in [5, 5.41) is 12.8. The summed E-state index contributed by atoms with van der Waals surface area (Å²) >= 11 is 5.93. The first kappa shape index (κ1) is 17.9. The Morgan fingerprint density at radius 2 is 1.90 bits per heavy atom. The van der Waals surface area contributed by atoms with Crippen molar-refractivity contribution in [3.8, 4) is 23.0 Å². The molecule has 1 aliphatic rings. The van der Waals surface area contributed by atoms with E-state index in [-0.39, 0.29) is 24.4 Å². The minimum atomic E-state index is -0.989. The second kappa shape index (κ2) is 7.02. The first-order chi connectivity index (χ1) is 14.1. The van der Waals surface area contributed by atoms with Crippen LogP contribution in [0.1, 0.15) is 17.4 Å². The molecule has 10 heteroatoms. The van der Waals surface area contributed by atoms with Crippen molar-refractivity contribution in [2.45, 2.75) is 19.3 Å². The number of aromatic nitrogens is 5. The topological polar surface area (TPSA) is 78.9 Å². The lowest BCUT2D eigenvalue weighted by atomic mass is 10.1. The van der Waals surface area contributed by atoms with Crippen molar-refractivity contribution in [2.24, 2.45) is 0 Å². The summed E-state index contributed by atoms with van der Waals surface area (Å²) in [6.07, 6.45) is -0.185. The molecule has 0 N–H and O–H groups in total. The molecule has 0 aliphatic carbocycles. The Balaban J connectivity index is 1.41. The Kier molecular flexibility index (Phi) is 4.33. The van der Waals surface area contributed by atoms with E-state index in [0.29, 0.717) is 28.5 Å². The summed E-state index contributed by atoms with van der Waals surface area (Å²) in [5.41, 5.74) is 2.35. The molecule has 29 heavy (non-hydrogen) atoms. The lowest BCUT2D eigenvalue weighted by Crippen LogP contribution is -2.22. The second-order valence-electron chi connectivity index (χ2n) is 6.47. The summed E-state index contributed by atoms with van der Waals surface area (Å²) in [6, 6.07) is 10.8. The van der Waals surface area contributed by atoms with Crippen LogP contribution in [0.25, 0.3) is 23.0 Å². The van der Waals surface area contributed by atoms with Gasteiger partial charge in [0.2, 0.25) is 5.82 Å². The van der Waals surface area contributed by atoms with E-state index in [2.05, 4.69) is 20.5 Å². The van der Waals surface area contributed by atoms with E-state index in [4.69, 9.17) is 20.9 Å². The molecule has 0 bridgehead atoms. The number of benzene rings is 2. The van der Waals surface area contributed by atoms with Crippen LogP contribution in [0.4, 0.5) is 8.78 Å². The first-order valence-corrected chi connectivity index (χ1v) is 9.05. The fourth-order valence-corrected chi connectivity index (χ4v) is 3.25. The highest BCUT2D eigenvalue weighted by atomic mass is 35.5. The summed E-state index contributed by atoms with van der Waals surface area (Å²) in [6.45, 7) is 0.715. The van der Waals surface area contributed by atoms with Crippen LogP contribution in [0.3, 0.4) is 0 Å². The number of fused-ring (bicyclic) bond motifs is 1. The molecule has 1 aliphatic heterocycles. The van der Waals surface area contributed by atoms with Crippen molar-refractivity contribution >= 4 is 11.6 Å². The van der Waals surface area contributed by atoms with Gasteiger partial charge in [-0.1, -0.05) is 34.1 Å². The normalized spacial score (nSPS) is 16.0. The summed E-state index contributed by atoms with van der Waals surface area (Å²) in [7, 11) is 0. The first-order valence-electron chi connectivity index (χ1n) is 8.67. The molecule has 1 unspecified atom stereocenters. The fourth-order valence-electron chi connectivity index (χ4n) is 3.13. The predicted octanol–water partition coefficient (Wildman–Crippen LogP) is 4.20. The van der Waals surface area contributed by atoms with Crippen LogP contribution < -0.4 is 0 Å². The largest absolute Gasteiger partial charge is 0.365 e. The van der Waals surface area contributed by atoms with Gasteiger partial charge in [0.15, 0.2) is 17.3 Å². The number of ether oxygens (including phenoxy) is 1. The lowest BCUT2D eigenvalue weighted by Gasteiger charge is -2.24. The van der Waals surface area contributed by atoms with Gasteiger partial charge in [0.05, 0.1) is 18.8 Å². The third-order valence-electron chi connectivity index (χ3n) is 4.65. The number of rotatable bonds is 3. The van der Waals surface area contributed by atoms with Crippen molar-refractivity contribution < 1.29 is 18.0 Å². The molecule has 3 heterocycles. The highest BCUT2D eigenvalue weighted by Crippen LogP contribution is 2.31. The van der Waals surface area contributed by atoms with E-state index in [1.54, 1.807) is 16.8 Å². The maximum atomic E-state index is 13.5. The Labute approximate surface area is 167 Å². The van der Waals surface area contributed by atoms with Crippen LogP contribution in [0.2, 0.25) is 5.02 Å². The van der Waals surface area contributed by atoms with Crippen LogP contribution in [0, 0.1) is 11.6 Å². The molecule has 2 aromatic carbocycles. The lowest BCUT2D eigenvalue weighted by molar-refractivity contribution is -0.00117. The third kappa shape index (κ3) is 3.28. The van der Waals surface area contributed by atoms with Gasteiger partial charge in [-0.15, -0.1) is 5.10 Å². The molecule has 0 saturated carbocycles. The van der Waals surface area contributed by atoms with Crippen LogP contribution in [0.5, 0.6) is 0 Å². The van der Waals surface area contributed by atoms with Gasteiger partial charge in [0.25, 0.3) is 5.89 Å². The SMILES string of the molecule is Fc1ccc(-c2noc(-c3nnn4c3COC(c3ccc(Cl)cc3)C4)n2)cc1F. The van der Waals surface area contributed by atoms with Crippen molar-refractivity contribution in [2.75, 3.05) is 0 Å². The molecular weight excluding hydrogens is 404 g/mol. The average molecular weight is 416 g/mol. The van der Waals surface area contributed by atoms with Gasteiger partial charge in [-0.2, -0.15) is 4.98 Å². The van der Waals surface area contributed by atoms with Crippen LogP contribution in [0.15, 0.2) is 47.0 Å². The molecule has 0 spiro atoms. The van der Waals surface area contributed by atoms with Crippen molar-refractivity contribution in [1.29, 1.82) is 0 Å². The van der Waals surface area contributed by atoms with Gasteiger partial charge in [0, 0.05) is 10.6 Å². The molecule has 1 atom stereocenters. The van der Waals surface area contributed by atoms with E-state index >= 15 is 0 Å². The van der Waals surface area contributed by atoms with Crippen molar-refractivity contribution in [3.05, 3.63) is 70.4 Å². The predicted molar refractivity (Wildman–Crippen MR) is 97.6 cm³/mol. The smallest absolute Gasteiger partial charge is 0.280 e. The molecule has 5 rings (SSSR count). The van der Waals surface area contributed by atoms with E-state index in [1.807, 2.05) is 12.1 Å². The number of nitrogens with zero attached hydrogens (tertiary/aromatic N) is 5. The molecule has 4 aromatic rings. The zero-order chi connectivity index (χ0) is 20.0. The van der Waals surface area contributed by atoms with Crippen molar-refractivity contribution in [3.63, 3.8) is 0 Å². The maximum Gasteiger partial charge on any atom is 0.280 e. The summed E-state index contributed by atoms with van der Waals surface area (Å²) in [4.78, 5) is 4.24. The fraction of sp³-hybridized carbons (Fsp3) is 0.158. The van der Waals surface area contributed by atoms with Crippen molar-refractivity contribution in [1.82, 2.24) is 25.1 Å². The monoisotopic (exact) mass is 415 g/mol. The van der Waals surface area contributed by atoms with Crippen LogP contribution in [-0.2, 0) is 17.9 Å². The van der Waals surface area contributed by atoms with Crippen LogP contribution in [-0.4, -0.2) is 25.1 Å². The quantitative estimate of drug-likeness (QED) is 0.499. The van der Waals surface area contributed by atoms with Gasteiger partial charge in [-0.3, -0.25) is 0 Å². The molecule has 0 fully saturated rings. The van der Waals surface area contributed by atoms with E-state index < -0.39 is 11.6 Å². The molecule has 7 nitrogen and oxygen atoms in total. The summed E-state index contributed by atoms with van der Waals surface area (Å²) in [5.74, 6) is -1.69. The van der Waals surface area contributed by atoms with Gasteiger partial charge < -0.3 is 9.26 Å². The third-order valence-corrected chi connectivity index (χ3v) is 4.90. The second-order valence-corrected chi connectivity index (χ2v) is 6.91. The average Bonchev–Trinajstić information content (AvgIpc) is 3.37. The zero-order valence-electron chi connectivity index (χ0n) is 14.7. The summed E-state index contributed by atoms with van der Waals surface area (Å²) < 4.78 is 39.5. The molecule has 0 radical (unpaired) electrons.